The molecule has 2 N–H and O–H groups in total. The van der Waals surface area contributed by atoms with Gasteiger partial charge in [0.05, 0.1) is 12.0 Å². The van der Waals surface area contributed by atoms with Crippen molar-refractivity contribution in [2.75, 3.05) is 19.6 Å². The highest BCUT2D eigenvalue weighted by Gasteiger charge is 2.25. The van der Waals surface area contributed by atoms with Gasteiger partial charge in [0, 0.05) is 31.6 Å². The smallest absolute Gasteiger partial charge is 0.317 e. The highest BCUT2D eigenvalue weighted by Crippen LogP contribution is 2.25. The Labute approximate surface area is 155 Å². The van der Waals surface area contributed by atoms with Crippen LogP contribution in [-0.2, 0) is 0 Å². The number of nitrogens with zero attached hydrogens (tertiary/aromatic N) is 2. The zero-order chi connectivity index (χ0) is 18.2. The molecule has 0 bridgehead atoms. The summed E-state index contributed by atoms with van der Waals surface area (Å²) in [6.07, 6.45) is 13.9. The molecule has 0 radical (unpaired) electrons. The fourth-order valence-corrected chi connectivity index (χ4v) is 4.33. The largest absolute Gasteiger partial charge is 0.338 e. The molecule has 6 nitrogen and oxygen atoms in total. The molecule has 2 aliphatic rings. The summed E-state index contributed by atoms with van der Waals surface area (Å²) < 4.78 is 0. The zero-order valence-electron chi connectivity index (χ0n) is 15.7. The number of urea groups is 1. The number of carbonyl (C=O) groups is 1. The minimum absolute atomic E-state index is 0.0328. The average molecular weight is 361 g/mol. The highest BCUT2D eigenvalue weighted by molar-refractivity contribution is 5.74. The standard InChI is InChI=1S/C20H32N4O2/c25-19-13-18(22-15-23-19)17-9-6-12-24(14-17)20(26)21-11-10-16-7-4-2-1-3-5-8-16/h13,15-17H,1-12,14H2,(H,21,26)(H,22,23,25)/t17-/m0/s1. The second kappa shape index (κ2) is 9.74. The van der Waals surface area contributed by atoms with Gasteiger partial charge in [0.1, 0.15) is 0 Å². The molecule has 1 atom stereocenters. The van der Waals surface area contributed by atoms with Crippen LogP contribution in [0.1, 0.15) is 75.8 Å². The molecule has 26 heavy (non-hydrogen) atoms. The number of H-pyrrole nitrogens is 1. The third-order valence-electron chi connectivity index (χ3n) is 5.88. The first kappa shape index (κ1) is 18.9. The molecular weight excluding hydrogens is 328 g/mol. The summed E-state index contributed by atoms with van der Waals surface area (Å²) >= 11 is 0. The summed E-state index contributed by atoms with van der Waals surface area (Å²) in [5.41, 5.74) is 0.663. The van der Waals surface area contributed by atoms with Crippen molar-refractivity contribution in [2.45, 2.75) is 70.1 Å². The first-order chi connectivity index (χ1) is 12.7. The molecule has 3 rings (SSSR count). The molecule has 1 aromatic rings. The van der Waals surface area contributed by atoms with E-state index < -0.39 is 0 Å². The quantitative estimate of drug-likeness (QED) is 0.864. The van der Waals surface area contributed by atoms with Gasteiger partial charge in [0.15, 0.2) is 0 Å². The van der Waals surface area contributed by atoms with Gasteiger partial charge < -0.3 is 15.2 Å². The summed E-state index contributed by atoms with van der Waals surface area (Å²) in [6, 6.07) is 1.59. The summed E-state index contributed by atoms with van der Waals surface area (Å²) in [5, 5.41) is 3.12. The number of likely N-dealkylation sites (tertiary alicyclic amines) is 1. The Morgan fingerprint density at radius 3 is 2.69 bits per heavy atom. The van der Waals surface area contributed by atoms with Gasteiger partial charge in [-0.3, -0.25) is 4.79 Å². The van der Waals surface area contributed by atoms with E-state index in [1.54, 1.807) is 6.07 Å². The lowest BCUT2D eigenvalue weighted by atomic mass is 9.89. The molecule has 0 aromatic carbocycles. The van der Waals surface area contributed by atoms with Crippen LogP contribution in [0, 0.1) is 5.92 Å². The van der Waals surface area contributed by atoms with Gasteiger partial charge in [-0.05, 0) is 25.2 Å². The Morgan fingerprint density at radius 1 is 1.15 bits per heavy atom. The lowest BCUT2D eigenvalue weighted by Gasteiger charge is -2.32. The molecule has 2 amide bonds. The lowest BCUT2D eigenvalue weighted by Crippen LogP contribution is -2.45. The predicted octanol–water partition coefficient (Wildman–Crippen LogP) is 3.41. The number of nitrogens with one attached hydrogen (secondary N) is 2. The van der Waals surface area contributed by atoms with Gasteiger partial charge in [-0.2, -0.15) is 0 Å². The molecule has 1 aliphatic carbocycles. The third-order valence-corrected chi connectivity index (χ3v) is 5.88. The Kier molecular flexibility index (Phi) is 7.09. The minimum Gasteiger partial charge on any atom is -0.338 e. The number of rotatable bonds is 4. The van der Waals surface area contributed by atoms with Crippen molar-refractivity contribution in [3.63, 3.8) is 0 Å². The average Bonchev–Trinajstić information content (AvgIpc) is 2.63. The van der Waals surface area contributed by atoms with Crippen molar-refractivity contribution in [2.24, 2.45) is 5.92 Å². The predicted molar refractivity (Wildman–Crippen MR) is 102 cm³/mol. The molecule has 0 spiro atoms. The van der Waals surface area contributed by atoms with Gasteiger partial charge in [-0.1, -0.05) is 44.9 Å². The van der Waals surface area contributed by atoms with Crippen LogP contribution in [0.25, 0.3) is 0 Å². The van der Waals surface area contributed by atoms with Crippen LogP contribution in [0.2, 0.25) is 0 Å². The topological polar surface area (TPSA) is 78.1 Å². The van der Waals surface area contributed by atoms with E-state index >= 15 is 0 Å². The van der Waals surface area contributed by atoms with Gasteiger partial charge in [-0.25, -0.2) is 9.78 Å². The summed E-state index contributed by atoms with van der Waals surface area (Å²) in [5.74, 6) is 0.923. The second-order valence-electron chi connectivity index (χ2n) is 7.85. The number of hydrogen-bond acceptors (Lipinski definition) is 3. The second-order valence-corrected chi connectivity index (χ2v) is 7.85. The lowest BCUT2D eigenvalue weighted by molar-refractivity contribution is 0.178. The molecular formula is C20H32N4O2. The Morgan fingerprint density at radius 2 is 1.92 bits per heavy atom. The van der Waals surface area contributed by atoms with Crippen LogP contribution >= 0.6 is 0 Å². The Bertz CT molecular complexity index is 622. The zero-order valence-corrected chi connectivity index (χ0v) is 15.7. The van der Waals surface area contributed by atoms with Crippen LogP contribution < -0.4 is 10.9 Å². The molecule has 2 fully saturated rings. The van der Waals surface area contributed by atoms with E-state index in [1.165, 1.54) is 51.3 Å². The minimum atomic E-state index is -0.129. The normalized spacial score (nSPS) is 22.5. The van der Waals surface area contributed by atoms with Crippen molar-refractivity contribution < 1.29 is 4.79 Å². The molecule has 1 aromatic heterocycles. The van der Waals surface area contributed by atoms with Gasteiger partial charge in [0.2, 0.25) is 0 Å². The fourth-order valence-electron chi connectivity index (χ4n) is 4.33. The van der Waals surface area contributed by atoms with E-state index in [0.29, 0.717) is 6.54 Å². The van der Waals surface area contributed by atoms with Crippen molar-refractivity contribution in [1.82, 2.24) is 20.2 Å². The summed E-state index contributed by atoms with van der Waals surface area (Å²) in [4.78, 5) is 32.8. The van der Waals surface area contributed by atoms with Gasteiger partial charge in [-0.15, -0.1) is 0 Å². The maximum Gasteiger partial charge on any atom is 0.317 e. The number of amides is 2. The first-order valence-corrected chi connectivity index (χ1v) is 10.3. The summed E-state index contributed by atoms with van der Waals surface area (Å²) in [7, 11) is 0. The maximum absolute atomic E-state index is 12.5. The maximum atomic E-state index is 12.5. The monoisotopic (exact) mass is 360 g/mol. The Balaban J connectivity index is 1.44. The van der Waals surface area contributed by atoms with Crippen molar-refractivity contribution in [3.8, 4) is 0 Å². The van der Waals surface area contributed by atoms with Crippen molar-refractivity contribution >= 4 is 6.03 Å². The van der Waals surface area contributed by atoms with Gasteiger partial charge >= 0.3 is 6.03 Å². The van der Waals surface area contributed by atoms with Crippen LogP contribution in [0.4, 0.5) is 4.79 Å². The van der Waals surface area contributed by atoms with Crippen LogP contribution in [0.3, 0.4) is 0 Å². The van der Waals surface area contributed by atoms with E-state index in [1.807, 2.05) is 4.90 Å². The van der Waals surface area contributed by atoms with E-state index in [2.05, 4.69) is 15.3 Å². The fraction of sp³-hybridized carbons (Fsp3) is 0.750. The van der Waals surface area contributed by atoms with Crippen LogP contribution in [0.15, 0.2) is 17.2 Å². The van der Waals surface area contributed by atoms with Crippen LogP contribution in [0.5, 0.6) is 0 Å². The van der Waals surface area contributed by atoms with E-state index in [0.717, 1.165) is 44.0 Å². The Hall–Kier alpha value is -1.85. The highest BCUT2D eigenvalue weighted by atomic mass is 16.2. The molecule has 6 heteroatoms. The molecule has 0 unspecified atom stereocenters. The van der Waals surface area contributed by atoms with E-state index in [4.69, 9.17) is 0 Å². The molecule has 144 valence electrons. The van der Waals surface area contributed by atoms with Gasteiger partial charge in [0.25, 0.3) is 5.56 Å². The third kappa shape index (κ3) is 5.58. The molecule has 1 saturated heterocycles. The first-order valence-electron chi connectivity index (χ1n) is 10.3. The van der Waals surface area contributed by atoms with E-state index in [9.17, 15) is 9.59 Å². The molecule has 1 saturated carbocycles. The SMILES string of the molecule is O=C(NCCC1CCCCCCC1)N1CCC[C@H](c2cc(=O)[nH]cn2)C1. The molecule has 2 heterocycles. The number of carbonyl (C=O) groups excluding carboxylic acids is 1. The van der Waals surface area contributed by atoms with Crippen molar-refractivity contribution in [1.29, 1.82) is 0 Å². The van der Waals surface area contributed by atoms with E-state index in [-0.39, 0.29) is 17.5 Å². The number of aromatic nitrogens is 2. The molecule has 1 aliphatic heterocycles. The van der Waals surface area contributed by atoms with Crippen LogP contribution in [-0.4, -0.2) is 40.5 Å². The number of hydrogen-bond donors (Lipinski definition) is 2. The number of aromatic amines is 1. The van der Waals surface area contributed by atoms with Crippen molar-refractivity contribution in [3.05, 3.63) is 28.4 Å². The number of piperidine rings is 1. The summed E-state index contributed by atoms with van der Waals surface area (Å²) in [6.45, 7) is 2.20.